The van der Waals surface area contributed by atoms with Gasteiger partial charge in [0.15, 0.2) is 0 Å². The molecule has 0 heterocycles. The zero-order chi connectivity index (χ0) is 13.9. The lowest BCUT2D eigenvalue weighted by atomic mass is 10.2. The molecule has 0 fully saturated rings. The van der Waals surface area contributed by atoms with Gasteiger partial charge in [-0.3, -0.25) is 0 Å². The van der Waals surface area contributed by atoms with Crippen LogP contribution in [0.25, 0.3) is 0 Å². The average Bonchev–Trinajstić information content (AvgIpc) is 2.29. The van der Waals surface area contributed by atoms with Crippen LogP contribution in [-0.2, 0) is 10.0 Å². The Kier molecular flexibility index (Phi) is 5.39. The quantitative estimate of drug-likeness (QED) is 0.755. The number of aliphatic hydroxyl groups excluding tert-OH is 1. The predicted molar refractivity (Wildman–Crippen MR) is 71.3 cm³/mol. The van der Waals surface area contributed by atoms with Gasteiger partial charge in [0.1, 0.15) is 0 Å². The third-order valence-corrected chi connectivity index (χ3v) is 4.49. The van der Waals surface area contributed by atoms with Gasteiger partial charge in [0.25, 0.3) is 0 Å². The van der Waals surface area contributed by atoms with E-state index in [0.29, 0.717) is 0 Å². The van der Waals surface area contributed by atoms with E-state index in [2.05, 4.69) is 4.72 Å². The van der Waals surface area contributed by atoms with Crippen molar-refractivity contribution in [1.29, 1.82) is 0 Å². The van der Waals surface area contributed by atoms with E-state index < -0.39 is 22.2 Å². The van der Waals surface area contributed by atoms with Crippen molar-refractivity contribution in [3.05, 3.63) is 28.2 Å². The van der Waals surface area contributed by atoms with Crippen LogP contribution in [-0.4, -0.2) is 32.2 Å². The summed E-state index contributed by atoms with van der Waals surface area (Å²) in [5.41, 5.74) is 5.53. The van der Waals surface area contributed by atoms with Crippen LogP contribution in [0.2, 0.25) is 10.0 Å². The number of halogens is 2. The van der Waals surface area contributed by atoms with E-state index in [4.69, 9.17) is 28.9 Å². The second-order valence-electron chi connectivity index (χ2n) is 3.83. The molecule has 1 aromatic rings. The zero-order valence-corrected chi connectivity index (χ0v) is 11.9. The van der Waals surface area contributed by atoms with Crippen LogP contribution >= 0.6 is 23.2 Å². The van der Waals surface area contributed by atoms with Gasteiger partial charge in [0.2, 0.25) is 10.0 Å². The fourth-order valence-corrected chi connectivity index (χ4v) is 2.57. The van der Waals surface area contributed by atoms with Crippen LogP contribution in [0.3, 0.4) is 0 Å². The highest BCUT2D eigenvalue weighted by Gasteiger charge is 2.18. The van der Waals surface area contributed by atoms with E-state index >= 15 is 0 Å². The molecule has 0 spiro atoms. The fraction of sp³-hybridized carbons (Fsp3) is 0.400. The summed E-state index contributed by atoms with van der Waals surface area (Å²) >= 11 is 11.4. The summed E-state index contributed by atoms with van der Waals surface area (Å²) in [5, 5.41) is 9.60. The summed E-state index contributed by atoms with van der Waals surface area (Å²) in [6, 6.07) is 3.31. The van der Waals surface area contributed by atoms with Crippen molar-refractivity contribution >= 4 is 33.2 Å². The van der Waals surface area contributed by atoms with E-state index in [-0.39, 0.29) is 21.5 Å². The van der Waals surface area contributed by atoms with Crippen molar-refractivity contribution in [2.24, 2.45) is 5.73 Å². The van der Waals surface area contributed by atoms with Crippen molar-refractivity contribution in [3.8, 4) is 0 Å². The lowest BCUT2D eigenvalue weighted by molar-refractivity contribution is 0.164. The number of hydrogen-bond donors (Lipinski definition) is 3. The first kappa shape index (κ1) is 15.7. The third-order valence-electron chi connectivity index (χ3n) is 2.33. The lowest BCUT2D eigenvalue weighted by Gasteiger charge is -2.15. The molecule has 102 valence electrons. The average molecular weight is 313 g/mol. The summed E-state index contributed by atoms with van der Waals surface area (Å²) in [5.74, 6) is 0. The van der Waals surface area contributed by atoms with Gasteiger partial charge < -0.3 is 10.8 Å². The Labute approximate surface area is 116 Å². The number of rotatable bonds is 5. The molecular formula is C10H14Cl2N2O3S. The Morgan fingerprint density at radius 2 is 2.00 bits per heavy atom. The smallest absolute Gasteiger partial charge is 0.240 e. The first-order chi connectivity index (χ1) is 8.24. The number of sulfonamides is 1. The molecule has 0 aliphatic heterocycles. The van der Waals surface area contributed by atoms with E-state index in [1.807, 2.05) is 0 Å². The number of nitrogens with two attached hydrogens (primary N) is 1. The summed E-state index contributed by atoms with van der Waals surface area (Å²) in [7, 11) is -3.71. The molecule has 0 aliphatic carbocycles. The highest BCUT2D eigenvalue weighted by Crippen LogP contribution is 2.24. The first-order valence-electron chi connectivity index (χ1n) is 5.12. The minimum atomic E-state index is -3.71. The monoisotopic (exact) mass is 312 g/mol. The number of hydrogen-bond acceptors (Lipinski definition) is 4. The molecule has 18 heavy (non-hydrogen) atoms. The maximum Gasteiger partial charge on any atom is 0.240 e. The van der Waals surface area contributed by atoms with Crippen LogP contribution in [0.4, 0.5) is 0 Å². The Hall–Kier alpha value is -0.370. The van der Waals surface area contributed by atoms with E-state index in [9.17, 15) is 13.5 Å². The summed E-state index contributed by atoms with van der Waals surface area (Å²) < 4.78 is 26.0. The predicted octanol–water partition coefficient (Wildman–Crippen LogP) is 0.980. The van der Waals surface area contributed by atoms with E-state index in [0.717, 1.165) is 0 Å². The van der Waals surface area contributed by atoms with Gasteiger partial charge in [0, 0.05) is 12.6 Å². The molecule has 8 heteroatoms. The highest BCUT2D eigenvalue weighted by atomic mass is 35.5. The maximum absolute atomic E-state index is 11.9. The van der Waals surface area contributed by atoms with Gasteiger partial charge >= 0.3 is 0 Å². The van der Waals surface area contributed by atoms with Crippen LogP contribution in [0, 0.1) is 0 Å². The summed E-state index contributed by atoms with van der Waals surface area (Å²) in [6.45, 7) is 1.42. The lowest BCUT2D eigenvalue weighted by Crippen LogP contribution is -2.43. The summed E-state index contributed by atoms with van der Waals surface area (Å²) in [6.07, 6.45) is -0.804. The Bertz CT molecular complexity index is 520. The van der Waals surface area contributed by atoms with Crippen molar-refractivity contribution in [2.45, 2.75) is 24.0 Å². The topological polar surface area (TPSA) is 92.4 Å². The van der Waals surface area contributed by atoms with E-state index in [1.54, 1.807) is 0 Å². The highest BCUT2D eigenvalue weighted by molar-refractivity contribution is 7.89. The van der Waals surface area contributed by atoms with E-state index in [1.165, 1.54) is 25.1 Å². The van der Waals surface area contributed by atoms with Gasteiger partial charge in [-0.05, 0) is 25.1 Å². The molecule has 2 atom stereocenters. The third kappa shape index (κ3) is 4.08. The number of nitrogens with one attached hydrogen (secondary N) is 1. The normalized spacial score (nSPS) is 15.4. The van der Waals surface area contributed by atoms with Gasteiger partial charge in [-0.2, -0.15) is 0 Å². The fourth-order valence-electron chi connectivity index (χ4n) is 1.10. The molecule has 5 nitrogen and oxygen atoms in total. The molecule has 0 bridgehead atoms. The molecule has 0 saturated heterocycles. The molecule has 0 radical (unpaired) electrons. The Morgan fingerprint density at radius 1 is 1.39 bits per heavy atom. The molecule has 1 rings (SSSR count). The second kappa shape index (κ2) is 6.18. The van der Waals surface area contributed by atoms with Crippen LogP contribution < -0.4 is 10.5 Å². The molecular weight excluding hydrogens is 299 g/mol. The first-order valence-corrected chi connectivity index (χ1v) is 7.36. The SMILES string of the molecule is CC(O)C(N)CNS(=O)(=O)c1ccc(Cl)c(Cl)c1. The minimum absolute atomic E-state index is 0.00491. The molecule has 0 amide bonds. The van der Waals surface area contributed by atoms with Crippen molar-refractivity contribution in [1.82, 2.24) is 4.72 Å². The molecule has 0 aliphatic rings. The molecule has 4 N–H and O–H groups in total. The van der Waals surface area contributed by atoms with Gasteiger partial charge in [-0.25, -0.2) is 13.1 Å². The Morgan fingerprint density at radius 3 is 2.50 bits per heavy atom. The number of benzene rings is 1. The van der Waals surface area contributed by atoms with Gasteiger partial charge in [0.05, 0.1) is 21.0 Å². The van der Waals surface area contributed by atoms with Crippen molar-refractivity contribution in [2.75, 3.05) is 6.54 Å². The van der Waals surface area contributed by atoms with Gasteiger partial charge in [-0.1, -0.05) is 23.2 Å². The van der Waals surface area contributed by atoms with Gasteiger partial charge in [-0.15, -0.1) is 0 Å². The van der Waals surface area contributed by atoms with Crippen LogP contribution in [0.5, 0.6) is 0 Å². The van der Waals surface area contributed by atoms with Crippen molar-refractivity contribution < 1.29 is 13.5 Å². The molecule has 2 unspecified atom stereocenters. The number of aliphatic hydroxyl groups is 1. The van der Waals surface area contributed by atoms with Crippen molar-refractivity contribution in [3.63, 3.8) is 0 Å². The maximum atomic E-state index is 11.9. The molecule has 0 saturated carbocycles. The Balaban J connectivity index is 2.83. The second-order valence-corrected chi connectivity index (χ2v) is 6.41. The standard InChI is InChI=1S/C10H14Cl2N2O3S/c1-6(15)10(13)5-14-18(16,17)7-2-3-8(11)9(12)4-7/h2-4,6,10,14-15H,5,13H2,1H3. The zero-order valence-electron chi connectivity index (χ0n) is 9.60. The molecule has 0 aromatic heterocycles. The summed E-state index contributed by atoms with van der Waals surface area (Å²) in [4.78, 5) is -0.00491. The molecule has 1 aromatic carbocycles. The largest absolute Gasteiger partial charge is 0.392 e. The van der Waals surface area contributed by atoms with Crippen LogP contribution in [0.15, 0.2) is 23.1 Å². The minimum Gasteiger partial charge on any atom is -0.392 e. The van der Waals surface area contributed by atoms with Crippen LogP contribution in [0.1, 0.15) is 6.92 Å².